The van der Waals surface area contributed by atoms with Crippen LogP contribution in [0.1, 0.15) is 32.9 Å². The van der Waals surface area contributed by atoms with Gasteiger partial charge in [-0.15, -0.1) is 0 Å². The second-order valence-corrected chi connectivity index (χ2v) is 4.83. The van der Waals surface area contributed by atoms with Crippen molar-refractivity contribution in [2.45, 2.75) is 39.7 Å². The Bertz CT molecular complexity index is 457. The Kier molecular flexibility index (Phi) is 5.96. The average Bonchev–Trinajstić information content (AvgIpc) is 2.37. The first-order chi connectivity index (χ1) is 9.43. The van der Waals surface area contributed by atoms with Crippen molar-refractivity contribution >= 4 is 17.7 Å². The van der Waals surface area contributed by atoms with Crippen molar-refractivity contribution in [2.75, 3.05) is 11.9 Å². The number of nitrogens with zero attached hydrogens (tertiary/aromatic N) is 2. The van der Waals surface area contributed by atoms with Gasteiger partial charge in [-0.3, -0.25) is 9.78 Å². The van der Waals surface area contributed by atoms with Crippen LogP contribution in [0.15, 0.2) is 18.3 Å². The number of carbonyl (C=O) groups is 2. The van der Waals surface area contributed by atoms with E-state index in [2.05, 4.69) is 10.3 Å². The van der Waals surface area contributed by atoms with E-state index in [1.54, 1.807) is 17.0 Å². The van der Waals surface area contributed by atoms with Crippen LogP contribution in [0.2, 0.25) is 0 Å². The Morgan fingerprint density at radius 2 is 2.10 bits per heavy atom. The monoisotopic (exact) mass is 279 g/mol. The van der Waals surface area contributed by atoms with Gasteiger partial charge in [0.2, 0.25) is 0 Å². The van der Waals surface area contributed by atoms with Crippen LogP contribution >= 0.6 is 0 Å². The number of hydrogen-bond donors (Lipinski definition) is 2. The minimum absolute atomic E-state index is 0.120. The molecule has 1 aromatic heterocycles. The van der Waals surface area contributed by atoms with Crippen molar-refractivity contribution < 1.29 is 14.7 Å². The van der Waals surface area contributed by atoms with E-state index in [9.17, 15) is 9.59 Å². The number of carboxylic acid groups (broad SMARTS) is 1. The summed E-state index contributed by atoms with van der Waals surface area (Å²) in [6.45, 7) is 6.63. The van der Waals surface area contributed by atoms with Gasteiger partial charge in [-0.25, -0.2) is 4.79 Å². The van der Waals surface area contributed by atoms with Gasteiger partial charge < -0.3 is 15.3 Å². The van der Waals surface area contributed by atoms with Crippen molar-refractivity contribution in [2.24, 2.45) is 0 Å². The molecule has 0 atom stereocenters. The van der Waals surface area contributed by atoms with Gasteiger partial charge in [-0.2, -0.15) is 0 Å². The van der Waals surface area contributed by atoms with E-state index in [4.69, 9.17) is 5.11 Å². The Labute approximate surface area is 118 Å². The molecular formula is C14H21N3O3. The van der Waals surface area contributed by atoms with E-state index in [1.807, 2.05) is 20.8 Å². The van der Waals surface area contributed by atoms with Crippen LogP contribution in [0.3, 0.4) is 0 Å². The topological polar surface area (TPSA) is 82.5 Å². The van der Waals surface area contributed by atoms with E-state index < -0.39 is 5.97 Å². The van der Waals surface area contributed by atoms with Crippen LogP contribution < -0.4 is 5.32 Å². The number of pyridine rings is 1. The number of aromatic nitrogens is 1. The first-order valence-electron chi connectivity index (χ1n) is 6.68. The van der Waals surface area contributed by atoms with Crippen molar-refractivity contribution in [3.05, 3.63) is 24.0 Å². The molecule has 0 aliphatic carbocycles. The molecule has 6 nitrogen and oxygen atoms in total. The first kappa shape index (κ1) is 15.9. The Morgan fingerprint density at radius 1 is 1.40 bits per heavy atom. The van der Waals surface area contributed by atoms with Gasteiger partial charge >= 0.3 is 12.0 Å². The number of anilines is 1. The molecule has 0 spiro atoms. The molecule has 0 radical (unpaired) electrons. The van der Waals surface area contributed by atoms with Gasteiger partial charge in [0.1, 0.15) is 0 Å². The lowest BCUT2D eigenvalue weighted by molar-refractivity contribution is -0.136. The smallest absolute Gasteiger partial charge is 0.322 e. The highest BCUT2D eigenvalue weighted by molar-refractivity contribution is 5.89. The molecule has 1 aromatic rings. The molecule has 1 heterocycles. The third-order valence-electron chi connectivity index (χ3n) is 2.76. The molecule has 2 N–H and O–H groups in total. The molecule has 6 heteroatoms. The number of nitrogens with one attached hydrogen (secondary N) is 1. The molecule has 110 valence electrons. The highest BCUT2D eigenvalue weighted by atomic mass is 16.4. The zero-order chi connectivity index (χ0) is 15.1. The zero-order valence-corrected chi connectivity index (χ0v) is 12.1. The Balaban J connectivity index is 2.67. The quantitative estimate of drug-likeness (QED) is 0.837. The van der Waals surface area contributed by atoms with Gasteiger partial charge in [-0.05, 0) is 32.4 Å². The second-order valence-electron chi connectivity index (χ2n) is 4.83. The number of hydrogen-bond acceptors (Lipinski definition) is 3. The number of amides is 2. The van der Waals surface area contributed by atoms with Crippen LogP contribution in [-0.4, -0.2) is 39.6 Å². The molecule has 0 unspecified atom stereocenters. The van der Waals surface area contributed by atoms with Gasteiger partial charge in [0.05, 0.1) is 24.0 Å². The van der Waals surface area contributed by atoms with E-state index >= 15 is 0 Å². The zero-order valence-electron chi connectivity index (χ0n) is 12.1. The summed E-state index contributed by atoms with van der Waals surface area (Å²) < 4.78 is 0. The molecule has 0 aliphatic rings. The SMILES string of the molecule is CCCN(C(=O)Nc1ccc(CC(=O)O)nc1)C(C)C. The third kappa shape index (κ3) is 4.87. The third-order valence-corrected chi connectivity index (χ3v) is 2.76. The standard InChI is InChI=1S/C14H21N3O3/c1-4-7-17(10(2)3)14(20)16-12-6-5-11(15-9-12)8-13(18)19/h5-6,9-10H,4,7-8H2,1-3H3,(H,16,20)(H,18,19). The van der Waals surface area contributed by atoms with E-state index in [0.29, 0.717) is 17.9 Å². The summed E-state index contributed by atoms with van der Waals surface area (Å²) in [5.41, 5.74) is 1.02. The lowest BCUT2D eigenvalue weighted by Crippen LogP contribution is -2.40. The van der Waals surface area contributed by atoms with Crippen molar-refractivity contribution in [3.8, 4) is 0 Å². The summed E-state index contributed by atoms with van der Waals surface area (Å²) in [5, 5.41) is 11.4. The summed E-state index contributed by atoms with van der Waals surface area (Å²) in [6, 6.07) is 3.21. The number of rotatable bonds is 6. The first-order valence-corrected chi connectivity index (χ1v) is 6.68. The van der Waals surface area contributed by atoms with Gasteiger partial charge in [0.25, 0.3) is 0 Å². The van der Waals surface area contributed by atoms with Gasteiger partial charge in [0, 0.05) is 12.6 Å². The highest BCUT2D eigenvalue weighted by Crippen LogP contribution is 2.10. The van der Waals surface area contributed by atoms with Crippen LogP contribution in [-0.2, 0) is 11.2 Å². The number of aliphatic carboxylic acids is 1. The minimum atomic E-state index is -0.928. The molecule has 0 saturated carbocycles. The largest absolute Gasteiger partial charge is 0.481 e. The number of carboxylic acids is 1. The van der Waals surface area contributed by atoms with Gasteiger partial charge in [-0.1, -0.05) is 6.92 Å². The van der Waals surface area contributed by atoms with Crippen LogP contribution in [0.5, 0.6) is 0 Å². The van der Waals surface area contributed by atoms with Gasteiger partial charge in [0.15, 0.2) is 0 Å². The van der Waals surface area contributed by atoms with Crippen molar-refractivity contribution in [3.63, 3.8) is 0 Å². The second kappa shape index (κ2) is 7.47. The van der Waals surface area contributed by atoms with Crippen LogP contribution in [0.4, 0.5) is 10.5 Å². The summed E-state index contributed by atoms with van der Waals surface area (Å²) in [5.74, 6) is -0.928. The summed E-state index contributed by atoms with van der Waals surface area (Å²) in [6.07, 6.45) is 2.24. The fourth-order valence-corrected chi connectivity index (χ4v) is 1.79. The minimum Gasteiger partial charge on any atom is -0.481 e. The Hall–Kier alpha value is -2.11. The number of urea groups is 1. The van der Waals surface area contributed by atoms with Crippen LogP contribution in [0, 0.1) is 0 Å². The maximum Gasteiger partial charge on any atom is 0.322 e. The molecule has 0 bridgehead atoms. The van der Waals surface area contributed by atoms with E-state index in [0.717, 1.165) is 6.42 Å². The number of carbonyl (C=O) groups excluding carboxylic acids is 1. The molecule has 2 amide bonds. The molecule has 0 aliphatic heterocycles. The molecule has 0 aromatic carbocycles. The molecule has 0 saturated heterocycles. The van der Waals surface area contributed by atoms with Crippen molar-refractivity contribution in [1.82, 2.24) is 9.88 Å². The maximum atomic E-state index is 12.1. The lowest BCUT2D eigenvalue weighted by Gasteiger charge is -2.26. The normalized spacial score (nSPS) is 10.4. The van der Waals surface area contributed by atoms with Crippen LogP contribution in [0.25, 0.3) is 0 Å². The molecule has 20 heavy (non-hydrogen) atoms. The molecule has 0 fully saturated rings. The van der Waals surface area contributed by atoms with E-state index in [-0.39, 0.29) is 18.5 Å². The summed E-state index contributed by atoms with van der Waals surface area (Å²) >= 11 is 0. The Morgan fingerprint density at radius 3 is 2.55 bits per heavy atom. The van der Waals surface area contributed by atoms with Crippen molar-refractivity contribution in [1.29, 1.82) is 0 Å². The lowest BCUT2D eigenvalue weighted by atomic mass is 10.2. The predicted molar refractivity (Wildman–Crippen MR) is 76.7 cm³/mol. The average molecular weight is 279 g/mol. The fraction of sp³-hybridized carbons (Fsp3) is 0.500. The maximum absolute atomic E-state index is 12.1. The molecular weight excluding hydrogens is 258 g/mol. The summed E-state index contributed by atoms with van der Waals surface area (Å²) in [7, 11) is 0. The summed E-state index contributed by atoms with van der Waals surface area (Å²) in [4.78, 5) is 28.4. The predicted octanol–water partition coefficient (Wildman–Crippen LogP) is 2.36. The fourth-order valence-electron chi connectivity index (χ4n) is 1.79. The molecule has 1 rings (SSSR count). The van der Waals surface area contributed by atoms with E-state index in [1.165, 1.54) is 6.20 Å². The highest BCUT2D eigenvalue weighted by Gasteiger charge is 2.15.